The summed E-state index contributed by atoms with van der Waals surface area (Å²) in [6.07, 6.45) is 7.90. The number of halogens is 1. The second-order valence-electron chi connectivity index (χ2n) is 8.61. The van der Waals surface area contributed by atoms with Crippen LogP contribution in [0.15, 0.2) is 22.2 Å². The van der Waals surface area contributed by atoms with E-state index in [1.54, 1.807) is 0 Å². The van der Waals surface area contributed by atoms with E-state index < -0.39 is 14.3 Å². The number of carbonyl (C=O) groups is 2. The van der Waals surface area contributed by atoms with Gasteiger partial charge in [-0.3, -0.25) is 9.59 Å². The van der Waals surface area contributed by atoms with Gasteiger partial charge in [0, 0.05) is 19.4 Å². The van der Waals surface area contributed by atoms with Crippen LogP contribution < -0.4 is 0 Å². The molecular weight excluding hydrogens is 412 g/mol. The molecule has 0 saturated heterocycles. The quantitative estimate of drug-likeness (QED) is 0.339. The van der Waals surface area contributed by atoms with Gasteiger partial charge < -0.3 is 9.53 Å². The first kappa shape index (κ1) is 23.3. The number of allylic oxidation sites excluding steroid dienone is 4. The molecule has 0 unspecified atom stereocenters. The van der Waals surface area contributed by atoms with Crippen molar-refractivity contribution >= 4 is 36.0 Å². The van der Waals surface area contributed by atoms with E-state index in [-0.39, 0.29) is 23.2 Å². The van der Waals surface area contributed by atoms with Crippen LogP contribution in [0, 0.1) is 5.92 Å². The number of carbonyl (C=O) groups excluding carboxylic acids is 1. The minimum absolute atomic E-state index is 0.0325. The van der Waals surface area contributed by atoms with Crippen LogP contribution in [0.1, 0.15) is 59.3 Å². The SMILES string of the molecule is CC(C)(C)[Si](C)(C)OCCCC/C=C(\Br)CC1=C[C@@H](CC(=O)O)CC1=O. The van der Waals surface area contributed by atoms with Gasteiger partial charge in [-0.1, -0.05) is 48.9 Å². The van der Waals surface area contributed by atoms with E-state index in [1.807, 2.05) is 6.08 Å². The molecule has 0 saturated carbocycles. The van der Waals surface area contributed by atoms with E-state index in [4.69, 9.17) is 9.53 Å². The van der Waals surface area contributed by atoms with Gasteiger partial charge in [0.25, 0.3) is 0 Å². The summed E-state index contributed by atoms with van der Waals surface area (Å²) in [4.78, 5) is 22.7. The van der Waals surface area contributed by atoms with Gasteiger partial charge in [-0.05, 0) is 53.4 Å². The van der Waals surface area contributed by atoms with Crippen LogP contribution in [-0.4, -0.2) is 31.8 Å². The van der Waals surface area contributed by atoms with Crippen LogP contribution in [0.2, 0.25) is 18.1 Å². The fourth-order valence-electron chi connectivity index (χ4n) is 2.62. The predicted octanol–water partition coefficient (Wildman–Crippen LogP) is 5.84. The number of aliphatic carboxylic acids is 1. The van der Waals surface area contributed by atoms with Crippen molar-refractivity contribution in [3.05, 3.63) is 22.2 Å². The van der Waals surface area contributed by atoms with E-state index in [2.05, 4.69) is 55.9 Å². The van der Waals surface area contributed by atoms with Gasteiger partial charge in [0.1, 0.15) is 0 Å². The Morgan fingerprint density at radius 1 is 1.38 bits per heavy atom. The third kappa shape index (κ3) is 7.88. The van der Waals surface area contributed by atoms with Gasteiger partial charge in [-0.25, -0.2) is 0 Å². The maximum absolute atomic E-state index is 12.0. The molecule has 4 nitrogen and oxygen atoms in total. The van der Waals surface area contributed by atoms with E-state index in [0.717, 1.165) is 35.9 Å². The van der Waals surface area contributed by atoms with Crippen LogP contribution in [0.5, 0.6) is 0 Å². The molecule has 0 aromatic carbocycles. The Morgan fingerprint density at radius 2 is 2.04 bits per heavy atom. The highest BCUT2D eigenvalue weighted by Gasteiger charge is 2.36. The van der Waals surface area contributed by atoms with Crippen LogP contribution >= 0.6 is 15.9 Å². The number of Topliss-reactive ketones (excluding diaryl/α,β-unsaturated/α-hetero) is 1. The fourth-order valence-corrected chi connectivity index (χ4v) is 4.24. The highest BCUT2D eigenvalue weighted by Crippen LogP contribution is 2.36. The molecular formula is C20H33BrO4Si. The molecule has 0 aliphatic heterocycles. The molecule has 6 heteroatoms. The predicted molar refractivity (Wildman–Crippen MR) is 112 cm³/mol. The van der Waals surface area contributed by atoms with Gasteiger partial charge in [0.15, 0.2) is 14.1 Å². The molecule has 0 fully saturated rings. The Morgan fingerprint density at radius 3 is 2.62 bits per heavy atom. The number of carboxylic acids is 1. The summed E-state index contributed by atoms with van der Waals surface area (Å²) in [7, 11) is -1.65. The smallest absolute Gasteiger partial charge is 0.303 e. The topological polar surface area (TPSA) is 63.6 Å². The number of unbranched alkanes of at least 4 members (excludes halogenated alkanes) is 2. The summed E-state index contributed by atoms with van der Waals surface area (Å²) in [6.45, 7) is 12.1. The molecule has 0 spiro atoms. The Balaban J connectivity index is 2.32. The standard InChI is InChI=1S/C20H33BrO4Si/c1-20(2,3)26(4,5)25-10-8-6-7-9-17(21)14-16-11-15(12-18(16)22)13-19(23)24/h9,11,15H,6-8,10,12-14H2,1-5H3,(H,23,24)/b17-9-/t15-/m1/s1. The maximum atomic E-state index is 12.0. The molecule has 1 rings (SSSR count). The Bertz CT molecular complexity index is 573. The van der Waals surface area contributed by atoms with Crippen molar-refractivity contribution in [2.45, 2.75) is 77.4 Å². The Labute approximate surface area is 167 Å². The molecule has 0 aromatic heterocycles. The minimum Gasteiger partial charge on any atom is -0.481 e. The molecule has 1 aliphatic rings. The van der Waals surface area contributed by atoms with Crippen molar-refractivity contribution in [3.8, 4) is 0 Å². The normalized spacial score (nSPS) is 19.0. The Kier molecular flexibility index (Phi) is 8.96. The van der Waals surface area contributed by atoms with Crippen molar-refractivity contribution in [1.82, 2.24) is 0 Å². The molecule has 0 radical (unpaired) electrons. The van der Waals surface area contributed by atoms with Crippen molar-refractivity contribution in [1.29, 1.82) is 0 Å². The number of hydrogen-bond acceptors (Lipinski definition) is 3. The first-order chi connectivity index (χ1) is 11.9. The van der Waals surface area contributed by atoms with Gasteiger partial charge in [0.05, 0.1) is 6.42 Å². The summed E-state index contributed by atoms with van der Waals surface area (Å²) in [5, 5.41) is 9.09. The number of carboxylic acid groups (broad SMARTS) is 1. The third-order valence-electron chi connectivity index (χ3n) is 5.27. The zero-order chi connectivity index (χ0) is 20.0. The largest absolute Gasteiger partial charge is 0.481 e. The van der Waals surface area contributed by atoms with Crippen LogP contribution in [0.25, 0.3) is 0 Å². The molecule has 1 aliphatic carbocycles. The molecule has 1 atom stereocenters. The highest BCUT2D eigenvalue weighted by atomic mass is 79.9. The molecule has 1 N–H and O–H groups in total. The van der Waals surface area contributed by atoms with Crippen molar-refractivity contribution < 1.29 is 19.1 Å². The summed E-state index contributed by atoms with van der Waals surface area (Å²) >= 11 is 3.54. The van der Waals surface area contributed by atoms with E-state index in [9.17, 15) is 9.59 Å². The molecule has 26 heavy (non-hydrogen) atoms. The monoisotopic (exact) mass is 444 g/mol. The minimum atomic E-state index is -1.65. The lowest BCUT2D eigenvalue weighted by Crippen LogP contribution is -2.40. The molecule has 0 heterocycles. The summed E-state index contributed by atoms with van der Waals surface area (Å²) in [6, 6.07) is 0. The second kappa shape index (κ2) is 9.99. The average Bonchev–Trinajstić information content (AvgIpc) is 2.80. The zero-order valence-electron chi connectivity index (χ0n) is 16.7. The summed E-state index contributed by atoms with van der Waals surface area (Å²) in [5.74, 6) is -0.929. The lowest BCUT2D eigenvalue weighted by Gasteiger charge is -2.36. The van der Waals surface area contributed by atoms with E-state index in [0.29, 0.717) is 12.8 Å². The average molecular weight is 445 g/mol. The molecule has 0 aromatic rings. The Hall–Kier alpha value is -0.723. The van der Waals surface area contributed by atoms with Crippen LogP contribution in [0.4, 0.5) is 0 Å². The molecule has 0 bridgehead atoms. The number of hydrogen-bond donors (Lipinski definition) is 1. The number of ketones is 1. The lowest BCUT2D eigenvalue weighted by atomic mass is 10.1. The summed E-state index contributed by atoms with van der Waals surface area (Å²) in [5.41, 5.74) is 0.737. The highest BCUT2D eigenvalue weighted by molar-refractivity contribution is 9.11. The number of rotatable bonds is 10. The van der Waals surface area contributed by atoms with Crippen molar-refractivity contribution in [2.75, 3.05) is 6.61 Å². The van der Waals surface area contributed by atoms with E-state index >= 15 is 0 Å². The van der Waals surface area contributed by atoms with Gasteiger partial charge in [-0.2, -0.15) is 0 Å². The van der Waals surface area contributed by atoms with Crippen LogP contribution in [0.3, 0.4) is 0 Å². The van der Waals surface area contributed by atoms with Crippen LogP contribution in [-0.2, 0) is 14.0 Å². The zero-order valence-corrected chi connectivity index (χ0v) is 19.3. The summed E-state index contributed by atoms with van der Waals surface area (Å²) < 4.78 is 7.17. The van der Waals surface area contributed by atoms with Crippen molar-refractivity contribution in [3.63, 3.8) is 0 Å². The van der Waals surface area contributed by atoms with Gasteiger partial charge in [0.2, 0.25) is 0 Å². The molecule has 148 valence electrons. The van der Waals surface area contributed by atoms with E-state index in [1.165, 1.54) is 0 Å². The third-order valence-corrected chi connectivity index (χ3v) is 10.4. The maximum Gasteiger partial charge on any atom is 0.303 e. The fraction of sp³-hybridized carbons (Fsp3) is 0.700. The van der Waals surface area contributed by atoms with Gasteiger partial charge >= 0.3 is 5.97 Å². The second-order valence-corrected chi connectivity index (χ2v) is 14.4. The van der Waals surface area contributed by atoms with Gasteiger partial charge in [-0.15, -0.1) is 0 Å². The first-order valence-corrected chi connectivity index (χ1v) is 13.1. The van der Waals surface area contributed by atoms with Crippen molar-refractivity contribution in [2.24, 2.45) is 5.92 Å². The first-order valence-electron chi connectivity index (χ1n) is 9.36. The lowest BCUT2D eigenvalue weighted by molar-refractivity contribution is -0.137. The molecule has 0 amide bonds.